The van der Waals surface area contributed by atoms with Crippen LogP contribution in [0.3, 0.4) is 0 Å². The van der Waals surface area contributed by atoms with Gasteiger partial charge in [-0.25, -0.2) is 0 Å². The molecule has 80 valence electrons. The second-order valence-electron chi connectivity index (χ2n) is 3.52. The van der Waals surface area contributed by atoms with Gasteiger partial charge in [0.05, 0.1) is 14.2 Å². The lowest BCUT2D eigenvalue weighted by atomic mass is 9.98. The monoisotopic (exact) mass is 205 g/mol. The van der Waals surface area contributed by atoms with Crippen molar-refractivity contribution in [2.24, 2.45) is 0 Å². The summed E-state index contributed by atoms with van der Waals surface area (Å²) in [6.07, 6.45) is 0.995. The van der Waals surface area contributed by atoms with Gasteiger partial charge in [0, 0.05) is 17.8 Å². The van der Waals surface area contributed by atoms with E-state index < -0.39 is 0 Å². The summed E-state index contributed by atoms with van der Waals surface area (Å²) < 4.78 is 10.5. The molecule has 1 heterocycles. The number of benzene rings is 1. The highest BCUT2D eigenvalue weighted by Crippen LogP contribution is 2.34. The summed E-state index contributed by atoms with van der Waals surface area (Å²) in [6, 6.07) is 4.00. The minimum Gasteiger partial charge on any atom is -0.493 e. The zero-order valence-corrected chi connectivity index (χ0v) is 9.09. The Morgan fingerprint density at radius 2 is 1.87 bits per heavy atom. The predicted molar refractivity (Wildman–Crippen MR) is 60.3 cm³/mol. The van der Waals surface area contributed by atoms with Crippen LogP contribution in [0.1, 0.15) is 11.1 Å². The van der Waals surface area contributed by atoms with Gasteiger partial charge < -0.3 is 14.8 Å². The molecule has 0 saturated carbocycles. The quantitative estimate of drug-likeness (QED) is 0.799. The van der Waals surface area contributed by atoms with Gasteiger partial charge in [-0.3, -0.25) is 0 Å². The van der Waals surface area contributed by atoms with Crippen LogP contribution in [-0.4, -0.2) is 20.8 Å². The maximum atomic E-state index is 5.26. The van der Waals surface area contributed by atoms with Crippen LogP contribution in [0.15, 0.2) is 18.7 Å². The van der Waals surface area contributed by atoms with Crippen molar-refractivity contribution in [3.05, 3.63) is 29.8 Å². The third-order valence-electron chi connectivity index (χ3n) is 2.67. The van der Waals surface area contributed by atoms with E-state index in [-0.39, 0.29) is 0 Å². The number of hydrogen-bond acceptors (Lipinski definition) is 3. The van der Waals surface area contributed by atoms with E-state index in [2.05, 4.69) is 11.9 Å². The third kappa shape index (κ3) is 1.65. The lowest BCUT2D eigenvalue weighted by molar-refractivity contribution is 0.354. The van der Waals surface area contributed by atoms with E-state index >= 15 is 0 Å². The van der Waals surface area contributed by atoms with E-state index in [0.717, 1.165) is 35.7 Å². The molecule has 0 aliphatic carbocycles. The molecule has 0 fully saturated rings. The molecule has 0 bridgehead atoms. The van der Waals surface area contributed by atoms with E-state index in [0.29, 0.717) is 0 Å². The zero-order chi connectivity index (χ0) is 10.8. The normalized spacial score (nSPS) is 14.1. The van der Waals surface area contributed by atoms with Crippen LogP contribution in [0.2, 0.25) is 0 Å². The summed E-state index contributed by atoms with van der Waals surface area (Å²) >= 11 is 0. The molecule has 1 aromatic rings. The Balaban J connectivity index is 2.53. The largest absolute Gasteiger partial charge is 0.493 e. The molecular weight excluding hydrogens is 190 g/mol. The van der Waals surface area contributed by atoms with Crippen molar-refractivity contribution >= 4 is 5.70 Å². The maximum Gasteiger partial charge on any atom is 0.161 e. The fourth-order valence-corrected chi connectivity index (χ4v) is 1.85. The number of rotatable bonds is 2. The fourth-order valence-electron chi connectivity index (χ4n) is 1.85. The van der Waals surface area contributed by atoms with Gasteiger partial charge in [-0.15, -0.1) is 0 Å². The van der Waals surface area contributed by atoms with Crippen molar-refractivity contribution in [2.75, 3.05) is 20.8 Å². The van der Waals surface area contributed by atoms with Gasteiger partial charge in [0.1, 0.15) is 0 Å². The van der Waals surface area contributed by atoms with Gasteiger partial charge in [-0.05, 0) is 24.1 Å². The second kappa shape index (κ2) is 3.85. The molecule has 2 rings (SSSR count). The Bertz CT molecular complexity index is 399. The fraction of sp³-hybridized carbons (Fsp3) is 0.333. The third-order valence-corrected chi connectivity index (χ3v) is 2.67. The van der Waals surface area contributed by atoms with Gasteiger partial charge in [0.2, 0.25) is 0 Å². The molecule has 0 aromatic heterocycles. The van der Waals surface area contributed by atoms with Crippen molar-refractivity contribution in [1.29, 1.82) is 0 Å². The molecule has 0 atom stereocenters. The highest BCUT2D eigenvalue weighted by molar-refractivity contribution is 5.69. The van der Waals surface area contributed by atoms with E-state index in [4.69, 9.17) is 9.47 Å². The maximum absolute atomic E-state index is 5.26. The van der Waals surface area contributed by atoms with Crippen LogP contribution in [0, 0.1) is 0 Å². The molecule has 0 saturated heterocycles. The summed E-state index contributed by atoms with van der Waals surface area (Å²) in [5, 5.41) is 3.24. The van der Waals surface area contributed by atoms with Crippen molar-refractivity contribution < 1.29 is 9.47 Å². The molecule has 0 amide bonds. The van der Waals surface area contributed by atoms with Crippen LogP contribution in [0.4, 0.5) is 0 Å². The van der Waals surface area contributed by atoms with Gasteiger partial charge in [-0.2, -0.15) is 0 Å². The first-order valence-corrected chi connectivity index (χ1v) is 4.94. The van der Waals surface area contributed by atoms with Gasteiger partial charge in [0.15, 0.2) is 11.5 Å². The molecule has 3 heteroatoms. The molecule has 1 aromatic carbocycles. The summed E-state index contributed by atoms with van der Waals surface area (Å²) in [7, 11) is 3.30. The highest BCUT2D eigenvalue weighted by atomic mass is 16.5. The van der Waals surface area contributed by atoms with Gasteiger partial charge >= 0.3 is 0 Å². The lowest BCUT2D eigenvalue weighted by Gasteiger charge is -2.22. The van der Waals surface area contributed by atoms with Crippen LogP contribution in [0.25, 0.3) is 5.70 Å². The van der Waals surface area contributed by atoms with Crippen LogP contribution >= 0.6 is 0 Å². The smallest absolute Gasteiger partial charge is 0.161 e. The first-order valence-electron chi connectivity index (χ1n) is 4.94. The Morgan fingerprint density at radius 3 is 2.53 bits per heavy atom. The Labute approximate surface area is 89.7 Å². The van der Waals surface area contributed by atoms with Crippen LogP contribution < -0.4 is 14.8 Å². The first-order chi connectivity index (χ1) is 7.26. The van der Waals surface area contributed by atoms with Crippen molar-refractivity contribution in [3.8, 4) is 11.5 Å². The Hall–Kier alpha value is -1.64. The molecule has 0 radical (unpaired) electrons. The van der Waals surface area contributed by atoms with Gasteiger partial charge in [-0.1, -0.05) is 6.58 Å². The molecule has 1 aliphatic rings. The molecular formula is C12H15NO2. The molecule has 0 unspecified atom stereocenters. The average molecular weight is 205 g/mol. The van der Waals surface area contributed by atoms with Gasteiger partial charge in [0.25, 0.3) is 0 Å². The molecule has 15 heavy (non-hydrogen) atoms. The first kappa shape index (κ1) is 9.90. The predicted octanol–water partition coefficient (Wildman–Crippen LogP) is 1.82. The molecule has 3 nitrogen and oxygen atoms in total. The Morgan fingerprint density at radius 1 is 1.20 bits per heavy atom. The Kier molecular flexibility index (Phi) is 2.54. The average Bonchev–Trinajstić information content (AvgIpc) is 2.28. The van der Waals surface area contributed by atoms with Crippen molar-refractivity contribution in [2.45, 2.75) is 6.42 Å². The summed E-state index contributed by atoms with van der Waals surface area (Å²) in [4.78, 5) is 0. The topological polar surface area (TPSA) is 30.5 Å². The van der Waals surface area contributed by atoms with Crippen molar-refractivity contribution in [3.63, 3.8) is 0 Å². The van der Waals surface area contributed by atoms with E-state index in [1.54, 1.807) is 14.2 Å². The standard InChI is InChI=1S/C12H15NO2/c1-8-10-7-12(15-3)11(14-2)6-9(10)4-5-13-8/h6-7,13H,1,4-5H2,2-3H3. The van der Waals surface area contributed by atoms with Crippen LogP contribution in [-0.2, 0) is 6.42 Å². The number of methoxy groups -OCH3 is 2. The van der Waals surface area contributed by atoms with E-state index in [1.165, 1.54) is 5.56 Å². The zero-order valence-electron chi connectivity index (χ0n) is 9.09. The second-order valence-corrected chi connectivity index (χ2v) is 3.52. The number of ether oxygens (including phenoxy) is 2. The van der Waals surface area contributed by atoms with Crippen molar-refractivity contribution in [1.82, 2.24) is 5.32 Å². The number of nitrogens with one attached hydrogen (secondary N) is 1. The number of fused-ring (bicyclic) bond motifs is 1. The summed E-state index contributed by atoms with van der Waals surface area (Å²) in [5.74, 6) is 1.53. The number of hydrogen-bond donors (Lipinski definition) is 1. The molecule has 1 N–H and O–H groups in total. The molecule has 1 aliphatic heterocycles. The lowest BCUT2D eigenvalue weighted by Crippen LogP contribution is -2.22. The van der Waals surface area contributed by atoms with Crippen LogP contribution in [0.5, 0.6) is 11.5 Å². The van der Waals surface area contributed by atoms with E-state index in [9.17, 15) is 0 Å². The minimum absolute atomic E-state index is 0.751. The summed E-state index contributed by atoms with van der Waals surface area (Å²) in [5.41, 5.74) is 3.34. The van der Waals surface area contributed by atoms with E-state index in [1.807, 2.05) is 12.1 Å². The SMILES string of the molecule is C=C1NCCc2cc(OC)c(OC)cc21. The highest BCUT2D eigenvalue weighted by Gasteiger charge is 2.16. The summed E-state index contributed by atoms with van der Waals surface area (Å²) in [6.45, 7) is 4.91. The minimum atomic E-state index is 0.751. The molecule has 0 spiro atoms.